The summed E-state index contributed by atoms with van der Waals surface area (Å²) in [7, 11) is -4.38. The zero-order chi connectivity index (χ0) is 29.7. The van der Waals surface area contributed by atoms with Crippen LogP contribution in [-0.2, 0) is 34.8 Å². The van der Waals surface area contributed by atoms with Crippen LogP contribution in [0, 0.1) is 10.1 Å². The fourth-order valence-electron chi connectivity index (χ4n) is 3.69. The van der Waals surface area contributed by atoms with Gasteiger partial charge in [-0.3, -0.25) is 24.2 Å². The zero-order valence-electron chi connectivity index (χ0n) is 21.4. The van der Waals surface area contributed by atoms with Gasteiger partial charge in [0.15, 0.2) is 6.23 Å². The number of esters is 1. The van der Waals surface area contributed by atoms with Crippen molar-refractivity contribution < 1.29 is 52.2 Å². The maximum absolute atomic E-state index is 13.7. The number of benzene rings is 1. The number of hydrogen-bond donors (Lipinski definition) is 4. The monoisotopic (exact) mass is 595 g/mol. The average molecular weight is 595 g/mol. The largest absolute Gasteiger partial charge is 0.459 e. The summed E-state index contributed by atoms with van der Waals surface area (Å²) in [6.45, 7) is 3.92. The highest BCUT2D eigenvalue weighted by Gasteiger charge is 2.48. The van der Waals surface area contributed by atoms with E-state index >= 15 is 0 Å². The van der Waals surface area contributed by atoms with Crippen LogP contribution >= 0.6 is 7.75 Å². The summed E-state index contributed by atoms with van der Waals surface area (Å²) in [5.74, 6) is -1.86. The van der Waals surface area contributed by atoms with E-state index in [0.717, 1.165) is 17.3 Å². The van der Waals surface area contributed by atoms with Crippen LogP contribution in [0.4, 0.5) is 5.88 Å². The van der Waals surface area contributed by atoms with Crippen LogP contribution in [0.15, 0.2) is 64.4 Å². The first kappa shape index (κ1) is 29.9. The summed E-state index contributed by atoms with van der Waals surface area (Å²) in [6, 6.07) is 8.96. The van der Waals surface area contributed by atoms with Crippen molar-refractivity contribution in [2.75, 3.05) is 6.61 Å². The Labute approximate surface area is 232 Å². The average Bonchev–Trinajstić information content (AvgIpc) is 3.52. The molecule has 0 spiro atoms. The minimum atomic E-state index is -4.38. The summed E-state index contributed by atoms with van der Waals surface area (Å²) in [4.78, 5) is 34.0. The number of hydrazone groups is 1. The second-order valence-electron chi connectivity index (χ2n) is 8.72. The molecule has 1 aromatic heterocycles. The predicted molar refractivity (Wildman–Crippen MR) is 137 cm³/mol. The molecule has 220 valence electrons. The zero-order valence-corrected chi connectivity index (χ0v) is 22.3. The maximum Gasteiger partial charge on any atom is 0.459 e. The lowest BCUT2D eigenvalue weighted by Gasteiger charge is -2.30. The Morgan fingerprint density at radius 1 is 1.29 bits per heavy atom. The molecule has 0 aliphatic carbocycles. The van der Waals surface area contributed by atoms with E-state index in [1.54, 1.807) is 18.2 Å². The van der Waals surface area contributed by atoms with Gasteiger partial charge in [0.2, 0.25) is 0 Å². The number of nitro groups is 1. The summed E-state index contributed by atoms with van der Waals surface area (Å²) in [6.07, 6.45) is -4.65. The highest BCUT2D eigenvalue weighted by atomic mass is 31.2. The SMILES string of the molecule is C=C1NC(=O)C=NN1[C@@H]1O[C@H](COP(=O)(N[C@@H](C)C(=O)OCc2ccc([N+](=O)[O-])o2)Oc2ccccc2)C(O)[C@@H]1O. The van der Waals surface area contributed by atoms with Crippen molar-refractivity contribution in [3.8, 4) is 5.75 Å². The Balaban J connectivity index is 1.41. The van der Waals surface area contributed by atoms with E-state index < -0.39 is 74.2 Å². The Kier molecular flexibility index (Phi) is 9.17. The van der Waals surface area contributed by atoms with Gasteiger partial charge in [-0.15, -0.1) is 0 Å². The van der Waals surface area contributed by atoms with Crippen molar-refractivity contribution in [2.45, 2.75) is 44.1 Å². The van der Waals surface area contributed by atoms with Crippen molar-refractivity contribution in [1.82, 2.24) is 15.4 Å². The Bertz CT molecular complexity index is 1370. The van der Waals surface area contributed by atoms with Gasteiger partial charge >= 0.3 is 19.6 Å². The van der Waals surface area contributed by atoms with Gasteiger partial charge in [0.1, 0.15) is 59.4 Å². The lowest BCUT2D eigenvalue weighted by Crippen LogP contribution is -2.47. The lowest BCUT2D eigenvalue weighted by molar-refractivity contribution is -0.402. The number of para-hydroxylation sites is 1. The van der Waals surface area contributed by atoms with Gasteiger partial charge in [-0.05, 0) is 25.1 Å². The molecule has 1 aromatic carbocycles. The van der Waals surface area contributed by atoms with E-state index in [-0.39, 0.29) is 17.3 Å². The molecule has 2 unspecified atom stereocenters. The molecule has 4 rings (SSSR count). The first-order chi connectivity index (χ1) is 19.5. The summed E-state index contributed by atoms with van der Waals surface area (Å²) in [5, 5.41) is 41.5. The smallest absolute Gasteiger partial charge is 0.456 e. The second-order valence-corrected chi connectivity index (χ2v) is 10.4. The van der Waals surface area contributed by atoms with Crippen LogP contribution in [0.1, 0.15) is 12.7 Å². The molecule has 0 radical (unpaired) electrons. The van der Waals surface area contributed by atoms with Crippen LogP contribution in [0.3, 0.4) is 0 Å². The molecular weight excluding hydrogens is 569 g/mol. The number of amides is 1. The number of carbonyl (C=O) groups excluding carboxylic acids is 2. The van der Waals surface area contributed by atoms with Crippen LogP contribution < -0.4 is 14.9 Å². The number of aliphatic hydroxyl groups is 2. The Hall–Kier alpha value is -4.12. The van der Waals surface area contributed by atoms with Gasteiger partial charge in [-0.25, -0.2) is 9.57 Å². The molecule has 0 saturated carbocycles. The molecule has 0 bridgehead atoms. The van der Waals surface area contributed by atoms with Crippen molar-refractivity contribution in [3.63, 3.8) is 0 Å². The molecule has 6 atom stereocenters. The van der Waals surface area contributed by atoms with Gasteiger partial charge in [0, 0.05) is 0 Å². The standard InChI is InChI=1S/C23H26N5O12P/c1-13(23(32)36-11-16-8-9-19(38-16)28(33)34)26-41(35,40-15-6-4-3-5-7-15)37-12-17-20(30)21(31)22(39-17)27-14(2)25-18(29)10-24-27/h3-10,13,17,20-22,30-31H,2,11-12H2,1H3,(H,25,29)(H,26,35)/t13-,17+,20?,21-,22+,41?/m0/s1. The number of hydrogen-bond acceptors (Lipinski definition) is 14. The highest BCUT2D eigenvalue weighted by molar-refractivity contribution is 7.52. The van der Waals surface area contributed by atoms with E-state index in [1.807, 2.05) is 0 Å². The molecule has 2 aliphatic rings. The molecular formula is C23H26N5O12P. The van der Waals surface area contributed by atoms with Gasteiger partial charge in [-0.2, -0.15) is 10.2 Å². The number of rotatable bonds is 12. The molecule has 17 nitrogen and oxygen atoms in total. The maximum atomic E-state index is 13.7. The molecule has 3 heterocycles. The van der Waals surface area contributed by atoms with Crippen LogP contribution in [0.25, 0.3) is 0 Å². The minimum Gasteiger partial charge on any atom is -0.456 e. The van der Waals surface area contributed by atoms with Crippen molar-refractivity contribution in [3.05, 3.63) is 70.7 Å². The molecule has 1 amide bonds. The molecule has 18 heteroatoms. The van der Waals surface area contributed by atoms with E-state index in [0.29, 0.717) is 0 Å². The molecule has 4 N–H and O–H groups in total. The molecule has 1 saturated heterocycles. The summed E-state index contributed by atoms with van der Waals surface area (Å²) in [5.41, 5.74) is 0. The molecule has 2 aromatic rings. The third kappa shape index (κ3) is 7.35. The predicted octanol–water partition coefficient (Wildman–Crippen LogP) is 0.748. The first-order valence-electron chi connectivity index (χ1n) is 12.0. The number of ether oxygens (including phenoxy) is 2. The topological polar surface area (TPSA) is 225 Å². The summed E-state index contributed by atoms with van der Waals surface area (Å²) >= 11 is 0. The van der Waals surface area contributed by atoms with Gasteiger partial charge in [0.05, 0.1) is 12.7 Å². The first-order valence-corrected chi connectivity index (χ1v) is 13.5. The second kappa shape index (κ2) is 12.6. The summed E-state index contributed by atoms with van der Waals surface area (Å²) < 4.78 is 40.4. The van der Waals surface area contributed by atoms with E-state index in [9.17, 15) is 34.5 Å². The number of furan rings is 1. The third-order valence-corrected chi connectivity index (χ3v) is 7.33. The fraction of sp³-hybridized carbons (Fsp3) is 0.348. The van der Waals surface area contributed by atoms with Crippen LogP contribution in [0.5, 0.6) is 5.75 Å². The van der Waals surface area contributed by atoms with E-state index in [2.05, 4.69) is 22.1 Å². The molecule has 2 aliphatic heterocycles. The number of carbonyl (C=O) groups is 2. The van der Waals surface area contributed by atoms with Crippen molar-refractivity contribution >= 4 is 31.7 Å². The molecule has 41 heavy (non-hydrogen) atoms. The fourth-order valence-corrected chi connectivity index (χ4v) is 5.19. The normalized spacial score (nSPS) is 24.4. The Morgan fingerprint density at radius 2 is 2.02 bits per heavy atom. The third-order valence-electron chi connectivity index (χ3n) is 5.69. The number of nitrogens with zero attached hydrogens (tertiary/aromatic N) is 3. The molecule has 1 fully saturated rings. The quantitative estimate of drug-likeness (QED) is 0.115. The minimum absolute atomic E-state index is 0.00782. The Morgan fingerprint density at radius 3 is 2.68 bits per heavy atom. The van der Waals surface area contributed by atoms with Crippen molar-refractivity contribution in [2.24, 2.45) is 5.10 Å². The highest BCUT2D eigenvalue weighted by Crippen LogP contribution is 2.45. The van der Waals surface area contributed by atoms with Crippen LogP contribution in [0.2, 0.25) is 0 Å². The van der Waals surface area contributed by atoms with Gasteiger partial charge < -0.3 is 33.9 Å². The number of aliphatic hydroxyl groups excluding tert-OH is 2. The lowest BCUT2D eigenvalue weighted by atomic mass is 10.1. The number of nitrogens with one attached hydrogen (secondary N) is 2. The van der Waals surface area contributed by atoms with Gasteiger partial charge in [-0.1, -0.05) is 24.8 Å². The van der Waals surface area contributed by atoms with Crippen molar-refractivity contribution in [1.29, 1.82) is 0 Å². The van der Waals surface area contributed by atoms with E-state index in [4.69, 9.17) is 22.9 Å². The van der Waals surface area contributed by atoms with E-state index in [1.165, 1.54) is 25.1 Å². The van der Waals surface area contributed by atoms with Crippen LogP contribution in [-0.4, -0.2) is 75.4 Å². The van der Waals surface area contributed by atoms with Gasteiger partial charge in [0.25, 0.3) is 5.91 Å².